The van der Waals surface area contributed by atoms with Crippen molar-refractivity contribution in [3.05, 3.63) is 102 Å². The molecule has 11 nitrogen and oxygen atoms in total. The maximum Gasteiger partial charge on any atom is 0.306 e. The lowest BCUT2D eigenvalue weighted by atomic mass is 9.83. The number of aromatic amines is 1. The normalized spacial score (nSPS) is 18.8. The summed E-state index contributed by atoms with van der Waals surface area (Å²) in [5.41, 5.74) is 0.526. The fourth-order valence-electron chi connectivity index (χ4n) is 6.40. The summed E-state index contributed by atoms with van der Waals surface area (Å²) in [4.78, 5) is 56.1. The highest BCUT2D eigenvalue weighted by Crippen LogP contribution is 2.37. The van der Waals surface area contributed by atoms with Crippen LogP contribution in [-0.2, 0) is 22.6 Å². The first-order valence-electron chi connectivity index (χ1n) is 13.8. The Bertz CT molecular complexity index is 1860. The number of hydrogen-bond acceptors (Lipinski definition) is 9. The SMILES string of the molecule is COC(=O)C[C@@H](c1oc(CN2C[C@H]3C[C@@H](C2)c2cccc(=O)n2C3)cc(=O)c1O)c1cc2cc(OC)ccc2[nH]c1=O. The Morgan fingerprint density at radius 1 is 1.10 bits per heavy atom. The second-order valence-electron chi connectivity index (χ2n) is 11.0. The topological polar surface area (TPSA) is 144 Å². The van der Waals surface area contributed by atoms with E-state index in [2.05, 4.69) is 9.88 Å². The number of carbonyl (C=O) groups is 1. The van der Waals surface area contributed by atoms with Crippen molar-refractivity contribution in [1.29, 1.82) is 0 Å². The Labute approximate surface area is 239 Å². The first-order valence-corrected chi connectivity index (χ1v) is 13.8. The molecule has 0 aliphatic carbocycles. The van der Waals surface area contributed by atoms with Crippen LogP contribution in [0.5, 0.6) is 11.5 Å². The summed E-state index contributed by atoms with van der Waals surface area (Å²) < 4.78 is 18.2. The van der Waals surface area contributed by atoms with Crippen LogP contribution in [0, 0.1) is 5.92 Å². The molecule has 42 heavy (non-hydrogen) atoms. The van der Waals surface area contributed by atoms with Crippen LogP contribution in [0.2, 0.25) is 0 Å². The summed E-state index contributed by atoms with van der Waals surface area (Å²) in [6, 6.07) is 13.3. The third-order valence-electron chi connectivity index (χ3n) is 8.31. The molecule has 2 bridgehead atoms. The molecule has 1 saturated heterocycles. The Hall–Kier alpha value is -4.64. The van der Waals surface area contributed by atoms with Gasteiger partial charge < -0.3 is 28.5 Å². The van der Waals surface area contributed by atoms with Crippen molar-refractivity contribution in [2.45, 2.75) is 37.8 Å². The van der Waals surface area contributed by atoms with Crippen molar-refractivity contribution in [1.82, 2.24) is 14.5 Å². The number of nitrogens with zero attached hydrogens (tertiary/aromatic N) is 2. The van der Waals surface area contributed by atoms with Gasteiger partial charge in [0.15, 0.2) is 5.76 Å². The van der Waals surface area contributed by atoms with E-state index >= 15 is 0 Å². The number of pyridine rings is 2. The highest BCUT2D eigenvalue weighted by molar-refractivity contribution is 5.81. The number of methoxy groups -OCH3 is 2. The largest absolute Gasteiger partial charge is 0.502 e. The molecule has 3 atom stereocenters. The minimum Gasteiger partial charge on any atom is -0.502 e. The van der Waals surface area contributed by atoms with Gasteiger partial charge in [0, 0.05) is 59.8 Å². The van der Waals surface area contributed by atoms with Gasteiger partial charge in [0.05, 0.1) is 33.1 Å². The predicted octanol–water partition coefficient (Wildman–Crippen LogP) is 2.67. The Morgan fingerprint density at radius 2 is 1.93 bits per heavy atom. The lowest BCUT2D eigenvalue weighted by Crippen LogP contribution is -2.46. The molecule has 4 aromatic rings. The van der Waals surface area contributed by atoms with E-state index in [9.17, 15) is 24.3 Å². The molecular formula is C31H31N3O8. The summed E-state index contributed by atoms with van der Waals surface area (Å²) in [5.74, 6) is -1.28. The van der Waals surface area contributed by atoms with E-state index in [4.69, 9.17) is 13.9 Å². The standard InChI is InChI=1S/C31H31N3O8/c1-40-20-6-7-24-18(9-20)10-23(31(39)32-24)22(12-28(37)41-2)30-29(38)26(35)11-21(42-30)16-33-13-17-8-19(15-33)25-4-3-5-27(36)34(25)14-17/h3-7,9-11,17,19,22,38H,8,12-16H2,1-2H3,(H,32,39)/t17-,19+,22-/m1/s1. The van der Waals surface area contributed by atoms with E-state index in [1.165, 1.54) is 20.3 Å². The molecule has 5 heterocycles. The Kier molecular flexibility index (Phi) is 7.19. The van der Waals surface area contributed by atoms with Crippen LogP contribution in [0.4, 0.5) is 0 Å². The lowest BCUT2D eigenvalue weighted by molar-refractivity contribution is -0.140. The highest BCUT2D eigenvalue weighted by atomic mass is 16.5. The number of piperidine rings is 1. The van der Waals surface area contributed by atoms with Crippen LogP contribution in [0.1, 0.15) is 47.5 Å². The van der Waals surface area contributed by atoms with Crippen LogP contribution in [0.15, 0.2) is 67.3 Å². The number of likely N-dealkylation sites (tertiary alicyclic amines) is 1. The van der Waals surface area contributed by atoms with Crippen molar-refractivity contribution >= 4 is 16.9 Å². The van der Waals surface area contributed by atoms with E-state index in [0.717, 1.165) is 12.1 Å². The summed E-state index contributed by atoms with van der Waals surface area (Å²) in [6.07, 6.45) is 0.635. The van der Waals surface area contributed by atoms with Crippen LogP contribution < -0.4 is 21.3 Å². The van der Waals surface area contributed by atoms with Gasteiger partial charge >= 0.3 is 5.97 Å². The van der Waals surface area contributed by atoms with Gasteiger partial charge in [-0.25, -0.2) is 0 Å². The minimum atomic E-state index is -1.09. The number of aromatic nitrogens is 2. The van der Waals surface area contributed by atoms with Crippen molar-refractivity contribution in [3.8, 4) is 11.5 Å². The zero-order chi connectivity index (χ0) is 29.5. The molecule has 2 N–H and O–H groups in total. The number of benzene rings is 1. The molecule has 6 rings (SSSR count). The summed E-state index contributed by atoms with van der Waals surface area (Å²) in [7, 11) is 2.75. The fourth-order valence-corrected chi connectivity index (χ4v) is 6.40. The molecule has 0 spiro atoms. The highest BCUT2D eigenvalue weighted by Gasteiger charge is 2.35. The first kappa shape index (κ1) is 27.5. The molecule has 2 aliphatic heterocycles. The minimum absolute atomic E-state index is 0.00333. The predicted molar refractivity (Wildman–Crippen MR) is 153 cm³/mol. The molecule has 0 saturated carbocycles. The maximum atomic E-state index is 13.2. The summed E-state index contributed by atoms with van der Waals surface area (Å²) in [6.45, 7) is 2.28. The van der Waals surface area contributed by atoms with Crippen molar-refractivity contribution in [2.24, 2.45) is 5.92 Å². The molecule has 0 unspecified atom stereocenters. The number of carbonyl (C=O) groups excluding carboxylic acids is 1. The van der Waals surface area contributed by atoms with Crippen LogP contribution >= 0.6 is 0 Å². The second kappa shape index (κ2) is 11.0. The van der Waals surface area contributed by atoms with Crippen molar-refractivity contribution in [3.63, 3.8) is 0 Å². The molecule has 3 aromatic heterocycles. The summed E-state index contributed by atoms with van der Waals surface area (Å²) >= 11 is 0. The van der Waals surface area contributed by atoms with Gasteiger partial charge in [-0.15, -0.1) is 0 Å². The van der Waals surface area contributed by atoms with Crippen molar-refractivity contribution in [2.75, 3.05) is 27.3 Å². The second-order valence-corrected chi connectivity index (χ2v) is 11.0. The van der Waals surface area contributed by atoms with E-state index in [0.29, 0.717) is 42.0 Å². The molecule has 1 aromatic carbocycles. The number of H-pyrrole nitrogens is 1. The van der Waals surface area contributed by atoms with Gasteiger partial charge in [-0.1, -0.05) is 6.07 Å². The van der Waals surface area contributed by atoms with E-state index in [1.54, 1.807) is 36.4 Å². The number of fused-ring (bicyclic) bond motifs is 5. The van der Waals surface area contributed by atoms with Gasteiger partial charge in [0.1, 0.15) is 11.5 Å². The van der Waals surface area contributed by atoms with Gasteiger partial charge in [0.2, 0.25) is 11.2 Å². The van der Waals surface area contributed by atoms with Gasteiger partial charge in [0.25, 0.3) is 11.1 Å². The summed E-state index contributed by atoms with van der Waals surface area (Å²) in [5, 5.41) is 11.5. The number of esters is 1. The van der Waals surface area contributed by atoms with Crippen LogP contribution in [0.3, 0.4) is 0 Å². The van der Waals surface area contributed by atoms with Gasteiger partial charge in [-0.3, -0.25) is 24.1 Å². The third kappa shape index (κ3) is 5.11. The molecule has 0 radical (unpaired) electrons. The van der Waals surface area contributed by atoms with E-state index in [-0.39, 0.29) is 41.7 Å². The molecular weight excluding hydrogens is 542 g/mol. The average molecular weight is 574 g/mol. The smallest absolute Gasteiger partial charge is 0.306 e. The van der Waals surface area contributed by atoms with Crippen LogP contribution in [0.25, 0.3) is 10.9 Å². The monoisotopic (exact) mass is 573 g/mol. The fraction of sp³-hybridized carbons (Fsp3) is 0.355. The van der Waals surface area contributed by atoms with E-state index < -0.39 is 28.6 Å². The zero-order valence-electron chi connectivity index (χ0n) is 23.3. The lowest BCUT2D eigenvalue weighted by Gasteiger charge is -2.42. The first-order chi connectivity index (χ1) is 20.2. The van der Waals surface area contributed by atoms with Gasteiger partial charge in [-0.2, -0.15) is 0 Å². The number of ether oxygens (including phenoxy) is 2. The molecule has 11 heteroatoms. The third-order valence-corrected chi connectivity index (χ3v) is 8.31. The molecule has 218 valence electrons. The Morgan fingerprint density at radius 3 is 2.71 bits per heavy atom. The quantitative estimate of drug-likeness (QED) is 0.319. The molecule has 2 aliphatic rings. The number of nitrogens with one attached hydrogen (secondary N) is 1. The zero-order valence-corrected chi connectivity index (χ0v) is 23.3. The molecule has 1 fully saturated rings. The number of hydrogen-bond donors (Lipinski definition) is 2. The Balaban J connectivity index is 1.37. The maximum absolute atomic E-state index is 13.2. The van der Waals surface area contributed by atoms with Crippen LogP contribution in [-0.4, -0.2) is 52.8 Å². The average Bonchev–Trinajstić information content (AvgIpc) is 2.97. The van der Waals surface area contributed by atoms with Gasteiger partial charge in [-0.05, 0) is 42.7 Å². The number of aromatic hydroxyl groups is 1. The number of rotatable bonds is 7. The van der Waals surface area contributed by atoms with Crippen molar-refractivity contribution < 1.29 is 23.8 Å². The molecule has 0 amide bonds. The van der Waals surface area contributed by atoms with E-state index in [1.807, 2.05) is 10.6 Å².